The average Bonchev–Trinajstić information content (AvgIpc) is 3.54. The zero-order chi connectivity index (χ0) is 28.5. The minimum atomic E-state index is -0.166. The molecule has 1 aliphatic rings. The smallest absolute Gasteiger partial charge is 0.268 e. The first-order valence-electron chi connectivity index (χ1n) is 14.6. The lowest BCUT2D eigenvalue weighted by Crippen LogP contribution is -2.42. The summed E-state index contributed by atoms with van der Waals surface area (Å²) in [6.07, 6.45) is 7.28. The van der Waals surface area contributed by atoms with Crippen molar-refractivity contribution in [2.45, 2.75) is 77.8 Å². The SMILES string of the molecule is CCN(C(=O)Cn1c(C(=O)N[C@H]2CC[C@H](C(=O)NCCCCCCN)CC2)cc2sccc21)c1cccc(C)c1.Cl. The first kappa shape index (κ1) is 32.6. The molecule has 0 aliphatic heterocycles. The van der Waals surface area contributed by atoms with Crippen molar-refractivity contribution in [1.29, 1.82) is 0 Å². The fraction of sp³-hybridized carbons (Fsp3) is 0.516. The van der Waals surface area contributed by atoms with Crippen LogP contribution < -0.4 is 21.3 Å². The van der Waals surface area contributed by atoms with Crippen LogP contribution in [0.2, 0.25) is 0 Å². The number of nitrogens with two attached hydrogens (primary N) is 1. The van der Waals surface area contributed by atoms with Gasteiger partial charge in [0.1, 0.15) is 12.2 Å². The Bertz CT molecular complexity index is 1300. The van der Waals surface area contributed by atoms with Gasteiger partial charge in [-0.15, -0.1) is 23.7 Å². The lowest BCUT2D eigenvalue weighted by atomic mass is 9.85. The van der Waals surface area contributed by atoms with Crippen molar-refractivity contribution in [3.05, 3.63) is 53.0 Å². The maximum atomic E-state index is 13.5. The second-order valence-corrected chi connectivity index (χ2v) is 11.7. The highest BCUT2D eigenvalue weighted by Crippen LogP contribution is 2.28. The second kappa shape index (κ2) is 15.9. The third-order valence-corrected chi connectivity index (χ3v) is 8.70. The number of thiophene rings is 1. The van der Waals surface area contributed by atoms with Crippen LogP contribution in [0.15, 0.2) is 41.8 Å². The van der Waals surface area contributed by atoms with Gasteiger partial charge in [0, 0.05) is 30.7 Å². The van der Waals surface area contributed by atoms with E-state index >= 15 is 0 Å². The topological polar surface area (TPSA) is 109 Å². The normalized spacial score (nSPS) is 16.7. The summed E-state index contributed by atoms with van der Waals surface area (Å²) in [5.41, 5.74) is 8.88. The highest BCUT2D eigenvalue weighted by atomic mass is 35.5. The second-order valence-electron chi connectivity index (χ2n) is 10.8. The van der Waals surface area contributed by atoms with Gasteiger partial charge in [-0.1, -0.05) is 25.0 Å². The molecule has 0 unspecified atom stereocenters. The van der Waals surface area contributed by atoms with Gasteiger partial charge in [-0.25, -0.2) is 0 Å². The number of rotatable bonds is 13. The highest BCUT2D eigenvalue weighted by molar-refractivity contribution is 7.17. The molecule has 0 radical (unpaired) electrons. The Kier molecular flexibility index (Phi) is 12.7. The van der Waals surface area contributed by atoms with E-state index in [2.05, 4.69) is 10.6 Å². The minimum Gasteiger partial charge on any atom is -0.356 e. The van der Waals surface area contributed by atoms with Crippen LogP contribution in [-0.4, -0.2) is 48.0 Å². The number of hydrogen-bond donors (Lipinski definition) is 3. The summed E-state index contributed by atoms with van der Waals surface area (Å²) in [5, 5.41) is 8.26. The molecule has 0 bridgehead atoms. The Labute approximate surface area is 253 Å². The molecule has 10 heteroatoms. The van der Waals surface area contributed by atoms with Gasteiger partial charge in [0.25, 0.3) is 5.91 Å². The molecule has 0 spiro atoms. The Hall–Kier alpha value is -2.88. The van der Waals surface area contributed by atoms with E-state index in [1.807, 2.05) is 60.2 Å². The standard InChI is InChI=1S/C31H43N5O3S.ClH/c1-3-35(25-10-8-9-22(2)19-25)29(37)21-36-26-15-18-40-28(26)20-27(36)31(39)34-24-13-11-23(12-14-24)30(38)33-17-7-5-4-6-16-32;/h8-10,15,18-20,23-24H,3-7,11-14,16-17,21,32H2,1-2H3,(H,33,38)(H,34,39);1H/t23-,24-;. The van der Waals surface area contributed by atoms with Crippen molar-refractivity contribution in [3.8, 4) is 0 Å². The number of carbonyl (C=O) groups excluding carboxylic acids is 3. The van der Waals surface area contributed by atoms with Gasteiger partial charge in [-0.05, 0) is 94.1 Å². The number of fused-ring (bicyclic) bond motifs is 1. The van der Waals surface area contributed by atoms with Crippen LogP contribution in [0.25, 0.3) is 10.2 Å². The van der Waals surface area contributed by atoms with Crippen molar-refractivity contribution in [2.75, 3.05) is 24.5 Å². The highest BCUT2D eigenvalue weighted by Gasteiger charge is 2.28. The summed E-state index contributed by atoms with van der Waals surface area (Å²) in [7, 11) is 0. The average molecular weight is 602 g/mol. The van der Waals surface area contributed by atoms with Gasteiger partial charge < -0.3 is 25.8 Å². The van der Waals surface area contributed by atoms with Gasteiger partial charge in [0.15, 0.2) is 0 Å². The molecule has 0 saturated heterocycles. The van der Waals surface area contributed by atoms with Gasteiger partial charge in [-0.3, -0.25) is 14.4 Å². The summed E-state index contributed by atoms with van der Waals surface area (Å²) < 4.78 is 2.83. The van der Waals surface area contributed by atoms with Crippen molar-refractivity contribution in [1.82, 2.24) is 15.2 Å². The lowest BCUT2D eigenvalue weighted by molar-refractivity contribution is -0.126. The van der Waals surface area contributed by atoms with Gasteiger partial charge in [0.2, 0.25) is 11.8 Å². The Morgan fingerprint density at radius 3 is 2.51 bits per heavy atom. The summed E-state index contributed by atoms with van der Waals surface area (Å²) in [6, 6.07) is 11.8. The van der Waals surface area contributed by atoms with Crippen molar-refractivity contribution >= 4 is 57.4 Å². The molecule has 1 fully saturated rings. The summed E-state index contributed by atoms with van der Waals surface area (Å²) in [6.45, 7) is 6.04. The fourth-order valence-corrected chi connectivity index (χ4v) is 6.42. The number of hydrogen-bond acceptors (Lipinski definition) is 5. The van der Waals surface area contributed by atoms with E-state index in [1.54, 1.807) is 16.2 Å². The number of aromatic nitrogens is 1. The number of benzene rings is 1. The molecule has 3 aromatic rings. The number of nitrogens with one attached hydrogen (secondary N) is 2. The zero-order valence-corrected chi connectivity index (χ0v) is 25.8. The molecule has 1 aromatic carbocycles. The Morgan fingerprint density at radius 1 is 1.05 bits per heavy atom. The predicted molar refractivity (Wildman–Crippen MR) is 170 cm³/mol. The first-order chi connectivity index (χ1) is 19.4. The molecule has 4 N–H and O–H groups in total. The monoisotopic (exact) mass is 601 g/mol. The number of likely N-dealkylation sites (N-methyl/N-ethyl adjacent to an activating group) is 1. The van der Waals surface area contributed by atoms with Gasteiger partial charge in [-0.2, -0.15) is 0 Å². The zero-order valence-electron chi connectivity index (χ0n) is 24.2. The number of anilines is 1. The molecule has 2 heterocycles. The molecule has 1 saturated carbocycles. The van der Waals surface area contributed by atoms with Crippen LogP contribution in [0, 0.1) is 12.8 Å². The van der Waals surface area contributed by atoms with Crippen LogP contribution in [0.5, 0.6) is 0 Å². The third-order valence-electron chi connectivity index (χ3n) is 7.84. The van der Waals surface area contributed by atoms with Crippen molar-refractivity contribution in [3.63, 3.8) is 0 Å². The van der Waals surface area contributed by atoms with E-state index in [0.29, 0.717) is 18.8 Å². The maximum absolute atomic E-state index is 13.5. The minimum absolute atomic E-state index is 0. The van der Waals surface area contributed by atoms with E-state index in [0.717, 1.165) is 79.4 Å². The number of carbonyl (C=O) groups is 3. The Balaban J connectivity index is 0.00000462. The van der Waals surface area contributed by atoms with Gasteiger partial charge >= 0.3 is 0 Å². The van der Waals surface area contributed by atoms with Crippen molar-refractivity contribution < 1.29 is 14.4 Å². The lowest BCUT2D eigenvalue weighted by Gasteiger charge is -2.28. The van der Waals surface area contributed by atoms with Crippen molar-refractivity contribution in [2.24, 2.45) is 11.7 Å². The van der Waals surface area contributed by atoms with Crippen LogP contribution in [0.1, 0.15) is 74.3 Å². The third kappa shape index (κ3) is 8.56. The molecule has 224 valence electrons. The molecule has 1 aliphatic carbocycles. The van der Waals surface area contributed by atoms with Crippen LogP contribution in [0.4, 0.5) is 5.69 Å². The number of unbranched alkanes of at least 4 members (excludes halogenated alkanes) is 3. The first-order valence-corrected chi connectivity index (χ1v) is 15.5. The molecule has 41 heavy (non-hydrogen) atoms. The van der Waals surface area contributed by atoms with Crippen LogP contribution in [-0.2, 0) is 16.1 Å². The molecule has 4 rings (SSSR count). The molecule has 3 amide bonds. The summed E-state index contributed by atoms with van der Waals surface area (Å²) in [5.74, 6) is -0.0899. The van der Waals surface area contributed by atoms with E-state index in [9.17, 15) is 14.4 Å². The van der Waals surface area contributed by atoms with Crippen LogP contribution >= 0.6 is 23.7 Å². The number of nitrogens with zero attached hydrogens (tertiary/aromatic N) is 2. The summed E-state index contributed by atoms with van der Waals surface area (Å²) in [4.78, 5) is 41.3. The maximum Gasteiger partial charge on any atom is 0.268 e. The number of amides is 3. The van der Waals surface area contributed by atoms with E-state index in [1.165, 1.54) is 0 Å². The predicted octanol–water partition coefficient (Wildman–Crippen LogP) is 5.41. The van der Waals surface area contributed by atoms with Crippen LogP contribution in [0.3, 0.4) is 0 Å². The quantitative estimate of drug-likeness (QED) is 0.228. The van der Waals surface area contributed by atoms with E-state index in [-0.39, 0.29) is 48.6 Å². The molecule has 2 aromatic heterocycles. The number of aryl methyl sites for hydroxylation is 1. The Morgan fingerprint density at radius 2 is 1.80 bits per heavy atom. The summed E-state index contributed by atoms with van der Waals surface area (Å²) >= 11 is 1.56. The van der Waals surface area contributed by atoms with Gasteiger partial charge in [0.05, 0.1) is 10.2 Å². The largest absolute Gasteiger partial charge is 0.356 e. The number of halogens is 1. The molecular weight excluding hydrogens is 558 g/mol. The molecular formula is C31H44ClN5O3S. The van der Waals surface area contributed by atoms with E-state index < -0.39 is 0 Å². The van der Waals surface area contributed by atoms with E-state index in [4.69, 9.17) is 5.73 Å². The molecule has 0 atom stereocenters. The molecule has 8 nitrogen and oxygen atoms in total. The fourth-order valence-electron chi connectivity index (χ4n) is 5.59.